The number of nitrogens with one attached hydrogen (secondary N) is 2. The van der Waals surface area contributed by atoms with Crippen LogP contribution in [0.4, 0.5) is 13.2 Å². The van der Waals surface area contributed by atoms with Gasteiger partial charge in [0.15, 0.2) is 0 Å². The lowest BCUT2D eigenvalue weighted by molar-refractivity contribution is -0.161. The second-order valence-corrected chi connectivity index (χ2v) is 4.20. The molecule has 1 unspecified atom stereocenters. The highest BCUT2D eigenvalue weighted by atomic mass is 35.5. The lowest BCUT2D eigenvalue weighted by Crippen LogP contribution is -2.47. The smallest absolute Gasteiger partial charge is 0.344 e. The third-order valence-electron chi connectivity index (χ3n) is 2.62. The molecule has 114 valence electrons. The van der Waals surface area contributed by atoms with Gasteiger partial charge in [-0.15, -0.1) is 12.4 Å². The first-order chi connectivity index (χ1) is 8.93. The van der Waals surface area contributed by atoms with Crippen LogP contribution in [-0.2, 0) is 11.2 Å². The lowest BCUT2D eigenvalue weighted by Gasteiger charge is -2.21. The third kappa shape index (κ3) is 6.77. The maximum atomic E-state index is 12.9. The van der Waals surface area contributed by atoms with Gasteiger partial charge in [-0.1, -0.05) is 30.3 Å². The molecule has 0 heterocycles. The summed E-state index contributed by atoms with van der Waals surface area (Å²) < 4.78 is 38.6. The zero-order valence-corrected chi connectivity index (χ0v) is 11.9. The first kappa shape index (κ1) is 18.7. The number of alkyl halides is 3. The molecule has 0 fully saturated rings. The number of rotatable bonds is 6. The van der Waals surface area contributed by atoms with E-state index in [4.69, 9.17) is 0 Å². The largest absolute Gasteiger partial charge is 0.408 e. The van der Waals surface area contributed by atoms with Crippen molar-refractivity contribution in [2.24, 2.45) is 0 Å². The highest BCUT2D eigenvalue weighted by Gasteiger charge is 2.40. The summed E-state index contributed by atoms with van der Waals surface area (Å²) in [6, 6.07) is 6.45. The molecule has 0 spiro atoms. The molecule has 1 aromatic rings. The quantitative estimate of drug-likeness (QED) is 0.846. The van der Waals surface area contributed by atoms with Crippen molar-refractivity contribution in [3.05, 3.63) is 35.9 Å². The molecule has 1 aromatic carbocycles. The van der Waals surface area contributed by atoms with Gasteiger partial charge in [0.05, 0.1) is 0 Å². The molecule has 0 aliphatic heterocycles. The van der Waals surface area contributed by atoms with Crippen molar-refractivity contribution in [3.63, 3.8) is 0 Å². The van der Waals surface area contributed by atoms with Crippen LogP contribution in [0.25, 0.3) is 0 Å². The Morgan fingerprint density at radius 2 is 1.85 bits per heavy atom. The van der Waals surface area contributed by atoms with Crippen LogP contribution in [0.2, 0.25) is 0 Å². The van der Waals surface area contributed by atoms with Gasteiger partial charge in [-0.3, -0.25) is 4.79 Å². The van der Waals surface area contributed by atoms with Crippen LogP contribution in [0.5, 0.6) is 0 Å². The van der Waals surface area contributed by atoms with Gasteiger partial charge < -0.3 is 10.6 Å². The molecule has 1 atom stereocenters. The number of hydrogen-bond acceptors (Lipinski definition) is 2. The molecular weight excluding hydrogens is 293 g/mol. The number of halogens is 4. The number of benzene rings is 1. The first-order valence-electron chi connectivity index (χ1n) is 5.98. The predicted molar refractivity (Wildman–Crippen MR) is 73.9 cm³/mol. The van der Waals surface area contributed by atoms with Gasteiger partial charge in [-0.2, -0.15) is 13.2 Å². The highest BCUT2D eigenvalue weighted by molar-refractivity contribution is 5.85. The summed E-state index contributed by atoms with van der Waals surface area (Å²) in [5, 5.41) is 4.75. The van der Waals surface area contributed by atoms with E-state index >= 15 is 0 Å². The number of carbonyl (C=O) groups is 1. The van der Waals surface area contributed by atoms with Gasteiger partial charge in [0, 0.05) is 19.4 Å². The molecule has 0 radical (unpaired) electrons. The van der Waals surface area contributed by atoms with E-state index in [0.717, 1.165) is 0 Å². The fourth-order valence-corrected chi connectivity index (χ4v) is 1.60. The molecule has 0 aromatic heterocycles. The third-order valence-corrected chi connectivity index (χ3v) is 2.62. The van der Waals surface area contributed by atoms with Crippen molar-refractivity contribution in [1.82, 2.24) is 10.6 Å². The Hall–Kier alpha value is -1.27. The summed E-state index contributed by atoms with van der Waals surface area (Å²) in [7, 11) is 1.64. The van der Waals surface area contributed by atoms with Crippen LogP contribution in [0.1, 0.15) is 12.0 Å². The van der Waals surface area contributed by atoms with E-state index in [9.17, 15) is 18.0 Å². The molecule has 2 N–H and O–H groups in total. The van der Waals surface area contributed by atoms with E-state index in [1.54, 1.807) is 37.4 Å². The average Bonchev–Trinajstić information content (AvgIpc) is 2.36. The zero-order chi connectivity index (χ0) is 14.3. The van der Waals surface area contributed by atoms with Crippen molar-refractivity contribution < 1.29 is 18.0 Å². The molecule has 7 heteroatoms. The molecular formula is C13H18ClF3N2O. The van der Waals surface area contributed by atoms with E-state index in [2.05, 4.69) is 5.32 Å². The molecule has 0 aliphatic carbocycles. The maximum Gasteiger partial charge on any atom is 0.408 e. The molecule has 0 saturated heterocycles. The molecule has 3 nitrogen and oxygen atoms in total. The minimum Gasteiger partial charge on any atom is -0.344 e. The highest BCUT2D eigenvalue weighted by Crippen LogP contribution is 2.23. The summed E-state index contributed by atoms with van der Waals surface area (Å²) in [6.07, 6.45) is -4.68. The Labute approximate surface area is 122 Å². The molecule has 0 saturated carbocycles. The van der Waals surface area contributed by atoms with Gasteiger partial charge in [0.2, 0.25) is 5.91 Å². The summed E-state index contributed by atoms with van der Waals surface area (Å²) >= 11 is 0. The number of carbonyl (C=O) groups excluding carboxylic acids is 1. The average molecular weight is 311 g/mol. The molecule has 0 aliphatic rings. The summed E-state index contributed by atoms with van der Waals surface area (Å²) in [5.41, 5.74) is 0.541. The van der Waals surface area contributed by atoms with E-state index in [-0.39, 0.29) is 25.2 Å². The Morgan fingerprint density at radius 3 is 2.35 bits per heavy atom. The Morgan fingerprint density at radius 1 is 1.25 bits per heavy atom. The van der Waals surface area contributed by atoms with Crippen LogP contribution in [-0.4, -0.2) is 31.7 Å². The first-order valence-corrected chi connectivity index (χ1v) is 5.98. The number of amides is 1. The van der Waals surface area contributed by atoms with Crippen LogP contribution >= 0.6 is 12.4 Å². The second-order valence-electron chi connectivity index (χ2n) is 4.20. The van der Waals surface area contributed by atoms with Crippen LogP contribution < -0.4 is 10.6 Å². The van der Waals surface area contributed by atoms with Gasteiger partial charge >= 0.3 is 6.18 Å². The van der Waals surface area contributed by atoms with Crippen molar-refractivity contribution >= 4 is 18.3 Å². The van der Waals surface area contributed by atoms with Crippen molar-refractivity contribution in [2.75, 3.05) is 13.6 Å². The minimum atomic E-state index is -4.45. The zero-order valence-electron chi connectivity index (χ0n) is 11.0. The lowest BCUT2D eigenvalue weighted by atomic mass is 10.1. The van der Waals surface area contributed by atoms with E-state index in [1.165, 1.54) is 0 Å². The standard InChI is InChI=1S/C13H17F3N2O.ClH/c1-17-8-7-12(19)18-11(13(14,15)16)9-10-5-3-2-4-6-10;/h2-6,11,17H,7-9H2,1H3,(H,18,19);1H. The Balaban J connectivity index is 0.00000361. The van der Waals surface area contributed by atoms with Crippen LogP contribution in [0, 0.1) is 0 Å². The van der Waals surface area contributed by atoms with E-state index in [1.807, 2.05) is 5.32 Å². The van der Waals surface area contributed by atoms with Crippen LogP contribution in [0.15, 0.2) is 30.3 Å². The van der Waals surface area contributed by atoms with E-state index in [0.29, 0.717) is 12.1 Å². The van der Waals surface area contributed by atoms with E-state index < -0.39 is 18.1 Å². The Bertz CT molecular complexity index is 398. The normalized spacial score (nSPS) is 12.4. The fourth-order valence-electron chi connectivity index (χ4n) is 1.60. The Kier molecular flexibility index (Phi) is 8.25. The van der Waals surface area contributed by atoms with Gasteiger partial charge in [0.25, 0.3) is 0 Å². The van der Waals surface area contributed by atoms with Crippen molar-refractivity contribution in [3.8, 4) is 0 Å². The monoisotopic (exact) mass is 310 g/mol. The maximum absolute atomic E-state index is 12.9. The van der Waals surface area contributed by atoms with Gasteiger partial charge in [-0.25, -0.2) is 0 Å². The SMILES string of the molecule is CNCCC(=O)NC(Cc1ccccc1)C(F)(F)F.Cl. The van der Waals surface area contributed by atoms with Gasteiger partial charge in [0.1, 0.15) is 6.04 Å². The van der Waals surface area contributed by atoms with Crippen molar-refractivity contribution in [1.29, 1.82) is 0 Å². The van der Waals surface area contributed by atoms with Crippen LogP contribution in [0.3, 0.4) is 0 Å². The summed E-state index contributed by atoms with van der Waals surface area (Å²) in [6.45, 7) is 0.349. The molecule has 0 bridgehead atoms. The van der Waals surface area contributed by atoms with Gasteiger partial charge in [-0.05, 0) is 12.6 Å². The second kappa shape index (κ2) is 8.81. The summed E-state index contributed by atoms with van der Waals surface area (Å²) in [4.78, 5) is 11.4. The topological polar surface area (TPSA) is 41.1 Å². The molecule has 20 heavy (non-hydrogen) atoms. The molecule has 1 rings (SSSR count). The summed E-state index contributed by atoms with van der Waals surface area (Å²) in [5.74, 6) is -0.604. The number of hydrogen-bond donors (Lipinski definition) is 2. The fraction of sp³-hybridized carbons (Fsp3) is 0.462. The molecule has 1 amide bonds. The predicted octanol–water partition coefficient (Wildman–Crippen LogP) is 2.31. The van der Waals surface area contributed by atoms with Crippen molar-refractivity contribution in [2.45, 2.75) is 25.1 Å². The minimum absolute atomic E-state index is 0.